The lowest BCUT2D eigenvalue weighted by Gasteiger charge is -2.24. The Morgan fingerprint density at radius 1 is 1.42 bits per heavy atom. The number of imidazole rings is 1. The molecule has 0 aliphatic heterocycles. The fraction of sp³-hybridized carbons (Fsp3) is 0.429. The Hall–Kier alpha value is -2.04. The maximum absolute atomic E-state index is 11.5. The second kappa shape index (κ2) is 4.57. The first-order chi connectivity index (χ1) is 9.18. The van der Waals surface area contributed by atoms with Crippen LogP contribution in [0.25, 0.3) is 5.65 Å². The quantitative estimate of drug-likeness (QED) is 0.919. The Balaban J connectivity index is 2.11. The van der Waals surface area contributed by atoms with E-state index in [1.807, 2.05) is 30.1 Å². The molecule has 0 unspecified atom stereocenters. The molecule has 0 atom stereocenters. The first-order valence-corrected chi connectivity index (χ1v) is 6.61. The molecule has 5 heteroatoms. The topological polar surface area (TPSA) is 57.8 Å². The molecule has 1 fully saturated rings. The fourth-order valence-corrected chi connectivity index (χ4v) is 2.89. The van der Waals surface area contributed by atoms with Crippen LogP contribution in [0.5, 0.6) is 0 Å². The number of carbonyl (C=O) groups is 1. The molecule has 2 aromatic rings. The zero-order chi connectivity index (χ0) is 13.4. The predicted molar refractivity (Wildman–Crippen MR) is 72.8 cm³/mol. The van der Waals surface area contributed by atoms with Gasteiger partial charge in [0.1, 0.15) is 5.65 Å². The van der Waals surface area contributed by atoms with Gasteiger partial charge < -0.3 is 10.0 Å². The Morgan fingerprint density at radius 3 is 2.84 bits per heavy atom. The number of nitrogens with zero attached hydrogens (tertiary/aromatic N) is 3. The van der Waals surface area contributed by atoms with Crippen molar-refractivity contribution < 1.29 is 9.90 Å². The normalized spacial score (nSPS) is 16.1. The molecule has 19 heavy (non-hydrogen) atoms. The van der Waals surface area contributed by atoms with E-state index < -0.39 is 5.97 Å². The summed E-state index contributed by atoms with van der Waals surface area (Å²) >= 11 is 0. The van der Waals surface area contributed by atoms with E-state index in [1.165, 1.54) is 12.8 Å². The van der Waals surface area contributed by atoms with Crippen LogP contribution in [-0.2, 0) is 0 Å². The minimum absolute atomic E-state index is 0.255. The molecule has 5 nitrogen and oxygen atoms in total. The van der Waals surface area contributed by atoms with Gasteiger partial charge in [-0.25, -0.2) is 9.78 Å². The number of rotatable bonds is 3. The standard InChI is InChI=1S/C14H17N3O2/c1-16(10-6-2-3-7-10)13-12(14(18)19)17-9-5-4-8-11(17)15-13/h4-5,8-10H,2-3,6-7H2,1H3,(H,18,19). The lowest BCUT2D eigenvalue weighted by molar-refractivity contribution is 0.0690. The van der Waals surface area contributed by atoms with Gasteiger partial charge in [-0.05, 0) is 25.0 Å². The number of aromatic nitrogens is 2. The average molecular weight is 259 g/mol. The molecule has 0 saturated heterocycles. The number of aromatic carboxylic acids is 1. The minimum Gasteiger partial charge on any atom is -0.476 e. The highest BCUT2D eigenvalue weighted by Gasteiger charge is 2.27. The van der Waals surface area contributed by atoms with E-state index in [1.54, 1.807) is 10.6 Å². The van der Waals surface area contributed by atoms with Crippen LogP contribution >= 0.6 is 0 Å². The van der Waals surface area contributed by atoms with Crippen molar-refractivity contribution in [1.29, 1.82) is 0 Å². The largest absolute Gasteiger partial charge is 0.476 e. The van der Waals surface area contributed by atoms with Gasteiger partial charge in [0.15, 0.2) is 11.5 Å². The van der Waals surface area contributed by atoms with Gasteiger partial charge >= 0.3 is 5.97 Å². The molecule has 0 amide bonds. The van der Waals surface area contributed by atoms with E-state index in [9.17, 15) is 9.90 Å². The third kappa shape index (κ3) is 1.95. The zero-order valence-corrected chi connectivity index (χ0v) is 10.9. The molecule has 1 N–H and O–H groups in total. The SMILES string of the molecule is CN(c1nc2ccccn2c1C(=O)O)C1CCCC1. The highest BCUT2D eigenvalue weighted by Crippen LogP contribution is 2.29. The maximum atomic E-state index is 11.5. The number of carboxylic acid groups (broad SMARTS) is 1. The summed E-state index contributed by atoms with van der Waals surface area (Å²) < 4.78 is 1.64. The number of pyridine rings is 1. The summed E-state index contributed by atoms with van der Waals surface area (Å²) in [4.78, 5) is 18.0. The molecular formula is C14H17N3O2. The molecule has 2 aromatic heterocycles. The Kier molecular flexibility index (Phi) is 2.89. The van der Waals surface area contributed by atoms with E-state index >= 15 is 0 Å². The summed E-state index contributed by atoms with van der Waals surface area (Å²) in [5.41, 5.74) is 0.935. The Morgan fingerprint density at radius 2 is 2.16 bits per heavy atom. The van der Waals surface area contributed by atoms with Crippen molar-refractivity contribution in [2.45, 2.75) is 31.7 Å². The van der Waals surface area contributed by atoms with Crippen LogP contribution in [0, 0.1) is 0 Å². The second-order valence-electron chi connectivity index (χ2n) is 5.07. The van der Waals surface area contributed by atoms with Gasteiger partial charge in [0, 0.05) is 19.3 Å². The molecular weight excluding hydrogens is 242 g/mol. The van der Waals surface area contributed by atoms with Crippen molar-refractivity contribution in [3.8, 4) is 0 Å². The fourth-order valence-electron chi connectivity index (χ4n) is 2.89. The number of anilines is 1. The predicted octanol–water partition coefficient (Wildman–Crippen LogP) is 2.41. The molecule has 2 heterocycles. The third-order valence-electron chi connectivity index (χ3n) is 3.92. The highest BCUT2D eigenvalue weighted by molar-refractivity contribution is 5.93. The lowest BCUT2D eigenvalue weighted by Crippen LogP contribution is -2.30. The molecule has 1 aliphatic rings. The van der Waals surface area contributed by atoms with Crippen molar-refractivity contribution in [2.75, 3.05) is 11.9 Å². The van der Waals surface area contributed by atoms with E-state index in [0.29, 0.717) is 17.5 Å². The molecule has 0 bridgehead atoms. The highest BCUT2D eigenvalue weighted by atomic mass is 16.4. The Bertz CT molecular complexity index is 614. The van der Waals surface area contributed by atoms with Crippen LogP contribution in [-0.4, -0.2) is 33.6 Å². The number of hydrogen-bond donors (Lipinski definition) is 1. The van der Waals surface area contributed by atoms with Gasteiger partial charge in [0.05, 0.1) is 0 Å². The second-order valence-corrected chi connectivity index (χ2v) is 5.07. The molecule has 0 spiro atoms. The van der Waals surface area contributed by atoms with Crippen LogP contribution in [0.1, 0.15) is 36.2 Å². The summed E-state index contributed by atoms with van der Waals surface area (Å²) in [6.45, 7) is 0. The summed E-state index contributed by atoms with van der Waals surface area (Å²) in [6.07, 6.45) is 6.40. The van der Waals surface area contributed by atoms with Crippen molar-refractivity contribution >= 4 is 17.4 Å². The van der Waals surface area contributed by atoms with Gasteiger partial charge in [-0.3, -0.25) is 4.40 Å². The first-order valence-electron chi connectivity index (χ1n) is 6.61. The molecule has 0 radical (unpaired) electrons. The summed E-state index contributed by atoms with van der Waals surface area (Å²) in [7, 11) is 1.95. The van der Waals surface area contributed by atoms with Crippen LogP contribution in [0.4, 0.5) is 5.82 Å². The van der Waals surface area contributed by atoms with Gasteiger partial charge in [0.25, 0.3) is 0 Å². The van der Waals surface area contributed by atoms with Crippen molar-refractivity contribution in [2.24, 2.45) is 0 Å². The number of hydrogen-bond acceptors (Lipinski definition) is 3. The molecule has 3 rings (SSSR count). The van der Waals surface area contributed by atoms with Gasteiger partial charge in [-0.2, -0.15) is 0 Å². The smallest absolute Gasteiger partial charge is 0.356 e. The van der Waals surface area contributed by atoms with E-state index in [-0.39, 0.29) is 5.69 Å². The van der Waals surface area contributed by atoms with Crippen molar-refractivity contribution in [1.82, 2.24) is 9.38 Å². The van der Waals surface area contributed by atoms with E-state index in [0.717, 1.165) is 12.8 Å². The number of fused-ring (bicyclic) bond motifs is 1. The van der Waals surface area contributed by atoms with Crippen LogP contribution < -0.4 is 4.90 Å². The molecule has 1 saturated carbocycles. The lowest BCUT2D eigenvalue weighted by atomic mass is 10.2. The summed E-state index contributed by atoms with van der Waals surface area (Å²) in [5.74, 6) is -0.357. The van der Waals surface area contributed by atoms with Crippen LogP contribution in [0.15, 0.2) is 24.4 Å². The van der Waals surface area contributed by atoms with Crippen molar-refractivity contribution in [3.05, 3.63) is 30.1 Å². The molecule has 1 aliphatic carbocycles. The van der Waals surface area contributed by atoms with Crippen LogP contribution in [0.2, 0.25) is 0 Å². The average Bonchev–Trinajstić information content (AvgIpc) is 3.04. The van der Waals surface area contributed by atoms with Crippen molar-refractivity contribution in [3.63, 3.8) is 0 Å². The van der Waals surface area contributed by atoms with E-state index in [4.69, 9.17) is 0 Å². The monoisotopic (exact) mass is 259 g/mol. The zero-order valence-electron chi connectivity index (χ0n) is 10.9. The third-order valence-corrected chi connectivity index (χ3v) is 3.92. The summed E-state index contributed by atoms with van der Waals surface area (Å²) in [6, 6.07) is 5.93. The van der Waals surface area contributed by atoms with Crippen LogP contribution in [0.3, 0.4) is 0 Å². The van der Waals surface area contributed by atoms with Gasteiger partial charge in [-0.1, -0.05) is 18.9 Å². The maximum Gasteiger partial charge on any atom is 0.356 e. The molecule has 100 valence electrons. The Labute approximate surface area is 111 Å². The molecule has 0 aromatic carbocycles. The first kappa shape index (κ1) is 12.0. The minimum atomic E-state index is -0.932. The number of carboxylic acids is 1. The van der Waals surface area contributed by atoms with Gasteiger partial charge in [0.2, 0.25) is 0 Å². The summed E-state index contributed by atoms with van der Waals surface area (Å²) in [5, 5.41) is 9.46. The van der Waals surface area contributed by atoms with Gasteiger partial charge in [-0.15, -0.1) is 0 Å². The van der Waals surface area contributed by atoms with E-state index in [2.05, 4.69) is 4.98 Å².